The van der Waals surface area contributed by atoms with Crippen molar-refractivity contribution in [2.45, 2.75) is 45.6 Å². The average Bonchev–Trinajstić information content (AvgIpc) is 3.21. The Bertz CT molecular complexity index is 1020. The molecule has 0 aliphatic carbocycles. The number of carbonyl (C=O) groups is 1. The van der Waals surface area contributed by atoms with E-state index in [1.807, 2.05) is 47.5 Å². The van der Waals surface area contributed by atoms with Gasteiger partial charge in [0, 0.05) is 31.7 Å². The molecule has 142 valence electrons. The molecular formula is C19H24N6O2. The molecule has 0 bridgehead atoms. The number of carbonyl (C=O) groups excluding carboxylic acids is 1. The molecule has 1 aliphatic heterocycles. The number of nitrogens with one attached hydrogen (secondary N) is 1. The van der Waals surface area contributed by atoms with E-state index in [4.69, 9.17) is 0 Å². The first-order valence-corrected chi connectivity index (χ1v) is 9.44. The second-order valence-electron chi connectivity index (χ2n) is 7.04. The maximum absolute atomic E-state index is 12.8. The molecule has 0 radical (unpaired) electrons. The average molecular weight is 368 g/mol. The fourth-order valence-corrected chi connectivity index (χ4v) is 3.97. The quantitative estimate of drug-likeness (QED) is 0.756. The Kier molecular flexibility index (Phi) is 4.55. The normalized spacial score (nSPS) is 15.6. The summed E-state index contributed by atoms with van der Waals surface area (Å²) in [6.07, 6.45) is 3.94. The second-order valence-corrected chi connectivity index (χ2v) is 7.04. The zero-order valence-corrected chi connectivity index (χ0v) is 15.7. The van der Waals surface area contributed by atoms with Gasteiger partial charge in [0.25, 0.3) is 0 Å². The maximum Gasteiger partial charge on any atom is 0.343 e. The molecule has 0 aromatic carbocycles. The number of nitrogens with zero attached hydrogens (tertiary/aromatic N) is 5. The third-order valence-corrected chi connectivity index (χ3v) is 5.46. The van der Waals surface area contributed by atoms with Gasteiger partial charge >= 0.3 is 5.69 Å². The van der Waals surface area contributed by atoms with Crippen LogP contribution < -0.4 is 5.69 Å². The molecule has 1 amide bonds. The first-order chi connectivity index (χ1) is 13.1. The summed E-state index contributed by atoms with van der Waals surface area (Å²) >= 11 is 0. The van der Waals surface area contributed by atoms with Gasteiger partial charge in [0.05, 0.1) is 17.8 Å². The van der Waals surface area contributed by atoms with Crippen molar-refractivity contribution >= 4 is 11.6 Å². The number of pyridine rings is 1. The van der Waals surface area contributed by atoms with Crippen molar-refractivity contribution in [3.8, 4) is 0 Å². The molecule has 4 heterocycles. The third kappa shape index (κ3) is 3.15. The number of fused-ring (bicyclic) bond motifs is 1. The molecule has 3 aromatic rings. The van der Waals surface area contributed by atoms with E-state index in [2.05, 4.69) is 15.2 Å². The van der Waals surface area contributed by atoms with E-state index >= 15 is 0 Å². The van der Waals surface area contributed by atoms with Crippen molar-refractivity contribution in [3.05, 3.63) is 52.1 Å². The lowest BCUT2D eigenvalue weighted by Crippen LogP contribution is -2.39. The number of aryl methyl sites for hydroxylation is 1. The van der Waals surface area contributed by atoms with E-state index < -0.39 is 0 Å². The van der Waals surface area contributed by atoms with Crippen LogP contribution in [0.2, 0.25) is 0 Å². The van der Waals surface area contributed by atoms with Crippen LogP contribution in [0.5, 0.6) is 0 Å². The minimum absolute atomic E-state index is 0.122. The summed E-state index contributed by atoms with van der Waals surface area (Å²) in [5, 5.41) is 6.74. The molecule has 4 rings (SSSR count). The van der Waals surface area contributed by atoms with Crippen molar-refractivity contribution in [1.29, 1.82) is 0 Å². The Labute approximate surface area is 156 Å². The zero-order chi connectivity index (χ0) is 19.0. The van der Waals surface area contributed by atoms with Crippen molar-refractivity contribution in [3.63, 3.8) is 0 Å². The van der Waals surface area contributed by atoms with E-state index in [0.29, 0.717) is 26.1 Å². The van der Waals surface area contributed by atoms with Gasteiger partial charge in [0.15, 0.2) is 0 Å². The van der Waals surface area contributed by atoms with Crippen molar-refractivity contribution < 1.29 is 4.79 Å². The number of piperidine rings is 1. The first kappa shape index (κ1) is 17.5. The van der Waals surface area contributed by atoms with E-state index in [9.17, 15) is 9.59 Å². The smallest absolute Gasteiger partial charge is 0.342 e. The van der Waals surface area contributed by atoms with Gasteiger partial charge < -0.3 is 9.30 Å². The lowest BCUT2D eigenvalue weighted by Gasteiger charge is -2.31. The van der Waals surface area contributed by atoms with Crippen molar-refractivity contribution in [2.75, 3.05) is 13.1 Å². The third-order valence-electron chi connectivity index (χ3n) is 5.46. The molecule has 0 spiro atoms. The first-order valence-electron chi connectivity index (χ1n) is 9.44. The van der Waals surface area contributed by atoms with Crippen LogP contribution >= 0.6 is 0 Å². The lowest BCUT2D eigenvalue weighted by molar-refractivity contribution is -0.131. The van der Waals surface area contributed by atoms with Crippen LogP contribution in [0.3, 0.4) is 0 Å². The SMILES string of the molecule is CCn1c(C2CCN(C(=O)Cc3c(C)nc4ccccn34)CC2)n[nH]c1=O. The van der Waals surface area contributed by atoms with Gasteiger partial charge in [-0.15, -0.1) is 0 Å². The molecule has 0 unspecified atom stereocenters. The molecule has 27 heavy (non-hydrogen) atoms. The largest absolute Gasteiger partial charge is 0.343 e. The molecule has 1 saturated heterocycles. The number of rotatable bonds is 4. The summed E-state index contributed by atoms with van der Waals surface area (Å²) in [5.74, 6) is 1.15. The van der Waals surface area contributed by atoms with Crippen LogP contribution in [0, 0.1) is 6.92 Å². The molecule has 1 fully saturated rings. The summed E-state index contributed by atoms with van der Waals surface area (Å²) in [4.78, 5) is 31.1. The van der Waals surface area contributed by atoms with Gasteiger partial charge in [-0.05, 0) is 38.8 Å². The highest BCUT2D eigenvalue weighted by Crippen LogP contribution is 2.26. The van der Waals surface area contributed by atoms with Gasteiger partial charge in [-0.1, -0.05) is 6.07 Å². The summed E-state index contributed by atoms with van der Waals surface area (Å²) in [5.41, 5.74) is 2.56. The standard InChI is InChI=1S/C19H24N6O2/c1-3-24-18(21-22-19(24)27)14-7-10-23(11-8-14)17(26)12-15-13(2)20-16-6-4-5-9-25(15)16/h4-6,9,14H,3,7-8,10-12H2,1-2H3,(H,22,27). The predicted octanol–water partition coefficient (Wildman–Crippen LogP) is 1.50. The van der Waals surface area contributed by atoms with Gasteiger partial charge in [-0.25, -0.2) is 14.9 Å². The molecule has 1 N–H and O–H groups in total. The summed E-state index contributed by atoms with van der Waals surface area (Å²) in [6, 6.07) is 5.84. The van der Waals surface area contributed by atoms with E-state index in [1.54, 1.807) is 4.57 Å². The van der Waals surface area contributed by atoms with Crippen LogP contribution in [0.4, 0.5) is 0 Å². The number of likely N-dealkylation sites (tertiary alicyclic amines) is 1. The summed E-state index contributed by atoms with van der Waals surface area (Å²) < 4.78 is 3.67. The Morgan fingerprint density at radius 1 is 1.30 bits per heavy atom. The zero-order valence-electron chi connectivity index (χ0n) is 15.7. The molecule has 0 saturated carbocycles. The van der Waals surface area contributed by atoms with Crippen molar-refractivity contribution in [2.24, 2.45) is 0 Å². The van der Waals surface area contributed by atoms with Crippen LogP contribution in [-0.4, -0.2) is 48.0 Å². The molecule has 0 atom stereocenters. The number of aromatic amines is 1. The van der Waals surface area contributed by atoms with Crippen LogP contribution in [0.25, 0.3) is 5.65 Å². The number of imidazole rings is 1. The van der Waals surface area contributed by atoms with Gasteiger partial charge in [0.1, 0.15) is 11.5 Å². The Morgan fingerprint density at radius 3 is 2.81 bits per heavy atom. The van der Waals surface area contributed by atoms with Crippen LogP contribution in [0.1, 0.15) is 42.9 Å². The lowest BCUT2D eigenvalue weighted by atomic mass is 9.95. The second kappa shape index (κ2) is 7.02. The highest BCUT2D eigenvalue weighted by molar-refractivity contribution is 5.79. The molecule has 8 nitrogen and oxygen atoms in total. The molecular weight excluding hydrogens is 344 g/mol. The monoisotopic (exact) mass is 368 g/mol. The number of aromatic nitrogens is 5. The predicted molar refractivity (Wildman–Crippen MR) is 101 cm³/mol. The Balaban J connectivity index is 1.44. The minimum atomic E-state index is -0.158. The Morgan fingerprint density at radius 2 is 2.07 bits per heavy atom. The fraction of sp³-hybridized carbons (Fsp3) is 0.474. The number of hydrogen-bond acceptors (Lipinski definition) is 4. The summed E-state index contributed by atoms with van der Waals surface area (Å²) in [7, 11) is 0. The van der Waals surface area contributed by atoms with Gasteiger partial charge in [0.2, 0.25) is 5.91 Å². The minimum Gasteiger partial charge on any atom is -0.342 e. The molecule has 8 heteroatoms. The molecule has 3 aromatic heterocycles. The van der Waals surface area contributed by atoms with Crippen LogP contribution in [0.15, 0.2) is 29.2 Å². The van der Waals surface area contributed by atoms with E-state index in [1.165, 1.54) is 0 Å². The fourth-order valence-electron chi connectivity index (χ4n) is 3.97. The molecule has 1 aliphatic rings. The highest BCUT2D eigenvalue weighted by atomic mass is 16.2. The van der Waals surface area contributed by atoms with Crippen LogP contribution in [-0.2, 0) is 17.8 Å². The topological polar surface area (TPSA) is 88.3 Å². The highest BCUT2D eigenvalue weighted by Gasteiger charge is 2.28. The number of H-pyrrole nitrogens is 1. The van der Waals surface area contributed by atoms with E-state index in [0.717, 1.165) is 35.7 Å². The maximum atomic E-state index is 12.8. The summed E-state index contributed by atoms with van der Waals surface area (Å²) in [6.45, 7) is 5.87. The number of amides is 1. The van der Waals surface area contributed by atoms with Gasteiger partial charge in [-0.3, -0.25) is 9.36 Å². The number of hydrogen-bond donors (Lipinski definition) is 1. The van der Waals surface area contributed by atoms with Crippen molar-refractivity contribution in [1.82, 2.24) is 29.0 Å². The Hall–Kier alpha value is -2.90. The van der Waals surface area contributed by atoms with E-state index in [-0.39, 0.29) is 17.5 Å². The van der Waals surface area contributed by atoms with Gasteiger partial charge in [-0.2, -0.15) is 5.10 Å².